The molecule has 0 atom stereocenters. The minimum absolute atomic E-state index is 0.507. The predicted octanol–water partition coefficient (Wildman–Crippen LogP) is 3.86. The molecule has 0 spiro atoms. The van der Waals surface area contributed by atoms with Gasteiger partial charge in [-0.05, 0) is 42.7 Å². The lowest BCUT2D eigenvalue weighted by molar-refractivity contribution is 0.432. The van der Waals surface area contributed by atoms with Crippen LogP contribution in [-0.2, 0) is 6.42 Å². The maximum atomic E-state index is 5.82. The average molecular weight is 279 g/mol. The Morgan fingerprint density at radius 1 is 1.05 bits per heavy atom. The summed E-state index contributed by atoms with van der Waals surface area (Å²) in [6.45, 7) is 4.09. The van der Waals surface area contributed by atoms with Crippen LogP contribution in [0.5, 0.6) is 0 Å². The minimum atomic E-state index is 0.507. The van der Waals surface area contributed by atoms with Gasteiger partial charge < -0.3 is 10.3 Å². The molecule has 0 amide bonds. The van der Waals surface area contributed by atoms with E-state index >= 15 is 0 Å². The first-order valence-corrected chi connectivity index (χ1v) is 6.97. The predicted molar refractivity (Wildman–Crippen MR) is 83.7 cm³/mol. The van der Waals surface area contributed by atoms with Crippen LogP contribution in [0, 0.1) is 6.92 Å². The van der Waals surface area contributed by atoms with E-state index in [4.69, 9.17) is 10.3 Å². The van der Waals surface area contributed by atoms with Crippen molar-refractivity contribution in [1.29, 1.82) is 0 Å². The summed E-state index contributed by atoms with van der Waals surface area (Å²) in [5, 5.41) is 4.05. The fourth-order valence-corrected chi connectivity index (χ4v) is 2.16. The highest BCUT2D eigenvalue weighted by Crippen LogP contribution is 2.25. The molecule has 0 bridgehead atoms. The zero-order chi connectivity index (χ0) is 14.8. The Morgan fingerprint density at radius 3 is 2.43 bits per heavy atom. The van der Waals surface area contributed by atoms with E-state index in [1.54, 1.807) is 0 Å². The standard InChI is InChI=1S/C17H17N3O/c1-3-12-4-6-13(7-5-12)16-19-17(21-20-16)14-8-9-15(18)11(2)10-14/h4-10H,3,18H2,1-2H3. The highest BCUT2D eigenvalue weighted by atomic mass is 16.5. The number of nitrogens with two attached hydrogens (primary N) is 1. The molecule has 0 unspecified atom stereocenters. The van der Waals surface area contributed by atoms with Gasteiger partial charge in [0.1, 0.15) is 0 Å². The molecule has 0 radical (unpaired) electrons. The van der Waals surface area contributed by atoms with E-state index in [2.05, 4.69) is 29.2 Å². The van der Waals surface area contributed by atoms with Gasteiger partial charge in [0.25, 0.3) is 5.89 Å². The van der Waals surface area contributed by atoms with E-state index < -0.39 is 0 Å². The molecule has 21 heavy (non-hydrogen) atoms. The second-order valence-corrected chi connectivity index (χ2v) is 5.04. The highest BCUT2D eigenvalue weighted by Gasteiger charge is 2.11. The summed E-state index contributed by atoms with van der Waals surface area (Å²) >= 11 is 0. The number of hydrogen-bond acceptors (Lipinski definition) is 4. The molecular formula is C17H17N3O. The lowest BCUT2D eigenvalue weighted by Crippen LogP contribution is -1.89. The quantitative estimate of drug-likeness (QED) is 0.739. The second kappa shape index (κ2) is 5.40. The van der Waals surface area contributed by atoms with Crippen molar-refractivity contribution in [3.05, 3.63) is 53.6 Å². The lowest BCUT2D eigenvalue weighted by Gasteiger charge is -2.00. The van der Waals surface area contributed by atoms with Crippen LogP contribution < -0.4 is 5.73 Å². The van der Waals surface area contributed by atoms with Crippen molar-refractivity contribution in [3.8, 4) is 22.8 Å². The highest BCUT2D eigenvalue weighted by molar-refractivity contribution is 5.63. The van der Waals surface area contributed by atoms with E-state index in [1.165, 1.54) is 5.56 Å². The second-order valence-electron chi connectivity index (χ2n) is 5.04. The van der Waals surface area contributed by atoms with Gasteiger partial charge in [-0.2, -0.15) is 4.98 Å². The third-order valence-corrected chi connectivity index (χ3v) is 3.56. The zero-order valence-electron chi connectivity index (χ0n) is 12.1. The average Bonchev–Trinajstić information content (AvgIpc) is 3.00. The maximum absolute atomic E-state index is 5.82. The maximum Gasteiger partial charge on any atom is 0.258 e. The van der Waals surface area contributed by atoms with Crippen molar-refractivity contribution in [3.63, 3.8) is 0 Å². The van der Waals surface area contributed by atoms with Crippen LogP contribution in [0.3, 0.4) is 0 Å². The van der Waals surface area contributed by atoms with Crippen molar-refractivity contribution in [1.82, 2.24) is 10.1 Å². The Kier molecular flexibility index (Phi) is 3.44. The fourth-order valence-electron chi connectivity index (χ4n) is 2.16. The Balaban J connectivity index is 1.93. The molecule has 0 saturated carbocycles. The van der Waals surface area contributed by atoms with Crippen molar-refractivity contribution < 1.29 is 4.52 Å². The summed E-state index contributed by atoms with van der Waals surface area (Å²) in [6, 6.07) is 13.9. The molecule has 4 heteroatoms. The number of aryl methyl sites for hydroxylation is 2. The summed E-state index contributed by atoms with van der Waals surface area (Å²) in [5.41, 5.74) is 10.7. The lowest BCUT2D eigenvalue weighted by atomic mass is 10.1. The third kappa shape index (κ3) is 2.65. The number of benzene rings is 2. The van der Waals surface area contributed by atoms with Crippen molar-refractivity contribution in [2.45, 2.75) is 20.3 Å². The first-order valence-electron chi connectivity index (χ1n) is 6.97. The van der Waals surface area contributed by atoms with Gasteiger partial charge in [0.05, 0.1) is 0 Å². The molecule has 0 saturated heterocycles. The van der Waals surface area contributed by atoms with Crippen LogP contribution in [0.25, 0.3) is 22.8 Å². The number of anilines is 1. The largest absolute Gasteiger partial charge is 0.399 e. The topological polar surface area (TPSA) is 64.9 Å². The summed E-state index contributed by atoms with van der Waals surface area (Å²) in [7, 11) is 0. The van der Waals surface area contributed by atoms with Crippen LogP contribution in [-0.4, -0.2) is 10.1 Å². The van der Waals surface area contributed by atoms with E-state index in [0.717, 1.165) is 28.8 Å². The van der Waals surface area contributed by atoms with Gasteiger partial charge in [0.15, 0.2) is 0 Å². The van der Waals surface area contributed by atoms with Crippen molar-refractivity contribution >= 4 is 5.69 Å². The number of nitrogen functional groups attached to an aromatic ring is 1. The molecule has 0 aliphatic rings. The molecule has 1 heterocycles. The molecule has 0 aliphatic carbocycles. The molecule has 1 aromatic heterocycles. The van der Waals surface area contributed by atoms with Crippen LogP contribution in [0.15, 0.2) is 47.0 Å². The van der Waals surface area contributed by atoms with Crippen LogP contribution >= 0.6 is 0 Å². The number of rotatable bonds is 3. The summed E-state index contributed by atoms with van der Waals surface area (Å²) in [4.78, 5) is 4.46. The first-order chi connectivity index (χ1) is 10.2. The Bertz CT molecular complexity index is 760. The third-order valence-electron chi connectivity index (χ3n) is 3.56. The molecule has 4 nitrogen and oxygen atoms in total. The van der Waals surface area contributed by atoms with E-state index in [9.17, 15) is 0 Å². The SMILES string of the molecule is CCc1ccc(-c2noc(-c3ccc(N)c(C)c3)n2)cc1. The Hall–Kier alpha value is -2.62. The molecular weight excluding hydrogens is 262 g/mol. The summed E-state index contributed by atoms with van der Waals surface area (Å²) in [5.74, 6) is 1.11. The van der Waals surface area contributed by atoms with Crippen molar-refractivity contribution in [2.75, 3.05) is 5.73 Å². The van der Waals surface area contributed by atoms with E-state index in [-0.39, 0.29) is 0 Å². The molecule has 3 aromatic rings. The molecule has 2 aromatic carbocycles. The normalized spacial score (nSPS) is 10.8. The molecule has 3 rings (SSSR count). The summed E-state index contributed by atoms with van der Waals surface area (Å²) in [6.07, 6.45) is 1.02. The number of aromatic nitrogens is 2. The monoisotopic (exact) mass is 279 g/mol. The Morgan fingerprint density at radius 2 is 1.76 bits per heavy atom. The van der Waals surface area contributed by atoms with Gasteiger partial charge in [0.2, 0.25) is 5.82 Å². The van der Waals surface area contributed by atoms with Crippen LogP contribution in [0.2, 0.25) is 0 Å². The van der Waals surface area contributed by atoms with Gasteiger partial charge in [-0.1, -0.05) is 36.3 Å². The minimum Gasteiger partial charge on any atom is -0.399 e. The van der Waals surface area contributed by atoms with Crippen molar-refractivity contribution in [2.24, 2.45) is 0 Å². The molecule has 0 fully saturated rings. The van der Waals surface area contributed by atoms with E-state index in [1.807, 2.05) is 37.3 Å². The van der Waals surface area contributed by atoms with Gasteiger partial charge in [-0.3, -0.25) is 0 Å². The molecule has 0 aliphatic heterocycles. The molecule has 106 valence electrons. The fraction of sp³-hybridized carbons (Fsp3) is 0.176. The van der Waals surface area contributed by atoms with Crippen LogP contribution in [0.4, 0.5) is 5.69 Å². The van der Waals surface area contributed by atoms with Gasteiger partial charge in [-0.25, -0.2) is 0 Å². The first kappa shape index (κ1) is 13.4. The van der Waals surface area contributed by atoms with Gasteiger partial charge in [-0.15, -0.1) is 0 Å². The zero-order valence-corrected chi connectivity index (χ0v) is 12.1. The van der Waals surface area contributed by atoms with Gasteiger partial charge in [0, 0.05) is 16.8 Å². The number of nitrogens with zero attached hydrogens (tertiary/aromatic N) is 2. The summed E-state index contributed by atoms with van der Waals surface area (Å²) < 4.78 is 5.35. The van der Waals surface area contributed by atoms with Crippen LogP contribution in [0.1, 0.15) is 18.1 Å². The van der Waals surface area contributed by atoms with Gasteiger partial charge >= 0.3 is 0 Å². The number of hydrogen-bond donors (Lipinski definition) is 1. The van der Waals surface area contributed by atoms with E-state index in [0.29, 0.717) is 11.7 Å². The Labute approximate surface area is 123 Å². The molecule has 2 N–H and O–H groups in total. The smallest absolute Gasteiger partial charge is 0.258 e.